The molecule has 5 nitrogen and oxygen atoms in total. The highest BCUT2D eigenvalue weighted by molar-refractivity contribution is 7.15. The van der Waals surface area contributed by atoms with Crippen molar-refractivity contribution in [1.82, 2.24) is 9.38 Å². The Morgan fingerprint density at radius 2 is 2.00 bits per heavy atom. The van der Waals surface area contributed by atoms with Gasteiger partial charge >= 0.3 is 0 Å². The van der Waals surface area contributed by atoms with Gasteiger partial charge < -0.3 is 10.1 Å². The second-order valence-electron chi connectivity index (χ2n) is 6.12. The number of hydrogen-bond donors (Lipinski definition) is 1. The third-order valence-electron chi connectivity index (χ3n) is 4.11. The number of halogens is 2. The zero-order valence-corrected chi connectivity index (χ0v) is 15.5. The molecule has 28 heavy (non-hydrogen) atoms. The van der Waals surface area contributed by atoms with Crippen molar-refractivity contribution in [1.29, 1.82) is 0 Å². The van der Waals surface area contributed by atoms with Gasteiger partial charge in [0.25, 0.3) is 5.91 Å². The van der Waals surface area contributed by atoms with E-state index in [4.69, 9.17) is 4.74 Å². The predicted octanol–water partition coefficient (Wildman–Crippen LogP) is 4.75. The van der Waals surface area contributed by atoms with E-state index < -0.39 is 23.6 Å². The number of rotatable bonds is 5. The van der Waals surface area contributed by atoms with E-state index in [2.05, 4.69) is 10.3 Å². The molecule has 1 amide bonds. The molecule has 0 spiro atoms. The van der Waals surface area contributed by atoms with Crippen LogP contribution in [0.25, 0.3) is 16.2 Å². The molecular weight excluding hydrogens is 384 g/mol. The van der Waals surface area contributed by atoms with Crippen LogP contribution in [-0.4, -0.2) is 21.4 Å². The Bertz CT molecular complexity index is 1110. The van der Waals surface area contributed by atoms with E-state index in [0.29, 0.717) is 11.8 Å². The van der Waals surface area contributed by atoms with Crippen molar-refractivity contribution in [3.63, 3.8) is 0 Å². The van der Waals surface area contributed by atoms with Crippen molar-refractivity contribution in [2.75, 3.05) is 5.32 Å². The standard InChI is InChI=1S/C20H15F2N3O2S/c1-12(27-18-7-4-14(21)10-16(18)22)19(26)23-15-5-2-13(3-6-15)17-11-25-8-9-28-20(25)24-17/h2-12H,1H3,(H,23,26). The maximum atomic E-state index is 13.7. The summed E-state index contributed by atoms with van der Waals surface area (Å²) in [6.45, 7) is 1.49. The van der Waals surface area contributed by atoms with Gasteiger partial charge in [-0.2, -0.15) is 0 Å². The number of imidazole rings is 1. The molecule has 1 atom stereocenters. The number of amides is 1. The fraction of sp³-hybridized carbons (Fsp3) is 0.100. The van der Waals surface area contributed by atoms with Crippen LogP contribution >= 0.6 is 11.3 Å². The lowest BCUT2D eigenvalue weighted by atomic mass is 10.1. The minimum absolute atomic E-state index is 0.181. The quantitative estimate of drug-likeness (QED) is 0.527. The van der Waals surface area contributed by atoms with E-state index >= 15 is 0 Å². The van der Waals surface area contributed by atoms with E-state index in [1.54, 1.807) is 23.5 Å². The zero-order valence-electron chi connectivity index (χ0n) is 14.7. The summed E-state index contributed by atoms with van der Waals surface area (Å²) in [4.78, 5) is 17.7. The number of nitrogens with one attached hydrogen (secondary N) is 1. The molecule has 8 heteroatoms. The van der Waals surface area contributed by atoms with Gasteiger partial charge in [-0.05, 0) is 31.2 Å². The summed E-state index contributed by atoms with van der Waals surface area (Å²) in [5.74, 6) is -2.19. The van der Waals surface area contributed by atoms with E-state index in [-0.39, 0.29) is 5.75 Å². The molecule has 0 saturated heterocycles. The van der Waals surface area contributed by atoms with Gasteiger partial charge in [-0.3, -0.25) is 9.20 Å². The van der Waals surface area contributed by atoms with Crippen LogP contribution in [-0.2, 0) is 4.79 Å². The van der Waals surface area contributed by atoms with Crippen molar-refractivity contribution >= 4 is 27.9 Å². The Kier molecular flexibility index (Phi) is 4.79. The number of thiazole rings is 1. The van der Waals surface area contributed by atoms with Crippen LogP contribution in [0, 0.1) is 11.6 Å². The Labute approximate surface area is 163 Å². The minimum atomic E-state index is -0.959. The number of aromatic nitrogens is 2. The van der Waals surface area contributed by atoms with Crippen molar-refractivity contribution in [2.45, 2.75) is 13.0 Å². The molecule has 0 bridgehead atoms. The second-order valence-corrected chi connectivity index (χ2v) is 6.99. The average molecular weight is 399 g/mol. The van der Waals surface area contributed by atoms with Gasteiger partial charge in [0.15, 0.2) is 22.6 Å². The van der Waals surface area contributed by atoms with Crippen LogP contribution in [0.2, 0.25) is 0 Å². The molecule has 0 aliphatic heterocycles. The number of fused-ring (bicyclic) bond motifs is 1. The SMILES string of the molecule is CC(Oc1ccc(F)cc1F)C(=O)Nc1ccc(-c2cn3ccsc3n2)cc1. The van der Waals surface area contributed by atoms with Crippen LogP contribution in [0.5, 0.6) is 5.75 Å². The molecular formula is C20H15F2N3O2S. The van der Waals surface area contributed by atoms with E-state index in [0.717, 1.165) is 28.4 Å². The summed E-state index contributed by atoms with van der Waals surface area (Å²) < 4.78 is 33.8. The highest BCUT2D eigenvalue weighted by atomic mass is 32.1. The molecule has 4 aromatic rings. The van der Waals surface area contributed by atoms with E-state index in [1.165, 1.54) is 6.92 Å². The molecule has 1 N–H and O–H groups in total. The Morgan fingerprint density at radius 1 is 1.21 bits per heavy atom. The van der Waals surface area contributed by atoms with Crippen molar-refractivity contribution in [3.05, 3.63) is 71.9 Å². The van der Waals surface area contributed by atoms with Crippen molar-refractivity contribution in [2.24, 2.45) is 0 Å². The molecule has 0 fully saturated rings. The topological polar surface area (TPSA) is 55.6 Å². The van der Waals surface area contributed by atoms with Crippen molar-refractivity contribution in [3.8, 4) is 17.0 Å². The lowest BCUT2D eigenvalue weighted by Gasteiger charge is -2.15. The maximum Gasteiger partial charge on any atom is 0.265 e. The summed E-state index contributed by atoms with van der Waals surface area (Å²) in [7, 11) is 0. The van der Waals surface area contributed by atoms with Gasteiger partial charge in [0.05, 0.1) is 5.69 Å². The minimum Gasteiger partial charge on any atom is -0.478 e. The fourth-order valence-electron chi connectivity index (χ4n) is 2.65. The summed E-state index contributed by atoms with van der Waals surface area (Å²) >= 11 is 1.55. The third kappa shape index (κ3) is 3.72. The van der Waals surface area contributed by atoms with Gasteiger partial charge in [0.2, 0.25) is 0 Å². The number of carbonyl (C=O) groups excluding carboxylic acids is 1. The molecule has 4 rings (SSSR count). The number of carbonyl (C=O) groups is 1. The lowest BCUT2D eigenvalue weighted by Crippen LogP contribution is -2.30. The molecule has 2 heterocycles. The Balaban J connectivity index is 1.41. The maximum absolute atomic E-state index is 13.7. The fourth-order valence-corrected chi connectivity index (χ4v) is 3.35. The zero-order chi connectivity index (χ0) is 19.7. The third-order valence-corrected chi connectivity index (χ3v) is 4.88. The first-order chi connectivity index (χ1) is 13.5. The monoisotopic (exact) mass is 399 g/mol. The predicted molar refractivity (Wildman–Crippen MR) is 104 cm³/mol. The molecule has 0 radical (unpaired) electrons. The molecule has 2 aromatic carbocycles. The summed E-state index contributed by atoms with van der Waals surface area (Å²) in [5.41, 5.74) is 2.34. The lowest BCUT2D eigenvalue weighted by molar-refractivity contribution is -0.122. The number of ether oxygens (including phenoxy) is 1. The smallest absolute Gasteiger partial charge is 0.265 e. The summed E-state index contributed by atoms with van der Waals surface area (Å²) in [6.07, 6.45) is 2.92. The van der Waals surface area contributed by atoms with Crippen LogP contribution < -0.4 is 10.1 Å². The van der Waals surface area contributed by atoms with Gasteiger partial charge in [-0.25, -0.2) is 13.8 Å². The first-order valence-corrected chi connectivity index (χ1v) is 9.33. The molecule has 0 aliphatic carbocycles. The first kappa shape index (κ1) is 18.1. The molecule has 0 aliphatic rings. The number of nitrogens with zero attached hydrogens (tertiary/aromatic N) is 2. The van der Waals surface area contributed by atoms with Crippen LogP contribution in [0.1, 0.15) is 6.92 Å². The number of hydrogen-bond acceptors (Lipinski definition) is 4. The first-order valence-electron chi connectivity index (χ1n) is 8.45. The summed E-state index contributed by atoms with van der Waals surface area (Å²) in [6, 6.07) is 10.2. The van der Waals surface area contributed by atoms with E-state index in [9.17, 15) is 13.6 Å². The van der Waals surface area contributed by atoms with E-state index in [1.807, 2.05) is 34.3 Å². The van der Waals surface area contributed by atoms with Gasteiger partial charge in [0, 0.05) is 35.1 Å². The molecule has 0 saturated carbocycles. The largest absolute Gasteiger partial charge is 0.478 e. The van der Waals surface area contributed by atoms with Gasteiger partial charge in [-0.15, -0.1) is 11.3 Å². The highest BCUT2D eigenvalue weighted by Crippen LogP contribution is 2.23. The van der Waals surface area contributed by atoms with Gasteiger partial charge in [0.1, 0.15) is 5.82 Å². The van der Waals surface area contributed by atoms with Crippen LogP contribution in [0.4, 0.5) is 14.5 Å². The Morgan fingerprint density at radius 3 is 2.71 bits per heavy atom. The normalized spacial score (nSPS) is 12.1. The average Bonchev–Trinajstić information content (AvgIpc) is 3.26. The van der Waals surface area contributed by atoms with Crippen molar-refractivity contribution < 1.29 is 18.3 Å². The molecule has 142 valence electrons. The summed E-state index contributed by atoms with van der Waals surface area (Å²) in [5, 5.41) is 4.67. The molecule has 2 aromatic heterocycles. The Hall–Kier alpha value is -3.26. The molecule has 1 unspecified atom stereocenters. The van der Waals surface area contributed by atoms with Crippen LogP contribution in [0.15, 0.2) is 60.2 Å². The number of benzene rings is 2. The van der Waals surface area contributed by atoms with Gasteiger partial charge in [-0.1, -0.05) is 12.1 Å². The van der Waals surface area contributed by atoms with Crippen LogP contribution in [0.3, 0.4) is 0 Å². The number of anilines is 1. The highest BCUT2D eigenvalue weighted by Gasteiger charge is 2.17. The second kappa shape index (κ2) is 7.40.